The van der Waals surface area contributed by atoms with Crippen molar-refractivity contribution in [3.63, 3.8) is 0 Å². The van der Waals surface area contributed by atoms with Crippen LogP contribution in [0.2, 0.25) is 0 Å². The zero-order valence-electron chi connectivity index (χ0n) is 12.2. The summed E-state index contributed by atoms with van der Waals surface area (Å²) in [4.78, 5) is 0. The van der Waals surface area contributed by atoms with Crippen LogP contribution >= 0.6 is 0 Å². The molecule has 20 heavy (non-hydrogen) atoms. The molecule has 0 fully saturated rings. The summed E-state index contributed by atoms with van der Waals surface area (Å²) in [6.07, 6.45) is 3.76. The highest BCUT2D eigenvalue weighted by molar-refractivity contribution is 5.70. The van der Waals surface area contributed by atoms with E-state index in [1.54, 1.807) is 7.11 Å². The van der Waals surface area contributed by atoms with Crippen molar-refractivity contribution in [3.05, 3.63) is 53.1 Å². The summed E-state index contributed by atoms with van der Waals surface area (Å²) in [5, 5.41) is 3.24. The smallest absolute Gasteiger partial charge is 0.119 e. The van der Waals surface area contributed by atoms with E-state index >= 15 is 0 Å². The van der Waals surface area contributed by atoms with Gasteiger partial charge in [0.05, 0.1) is 7.11 Å². The Balaban J connectivity index is 2.04. The number of rotatable bonds is 4. The topological polar surface area (TPSA) is 21.3 Å². The third kappa shape index (κ3) is 2.44. The van der Waals surface area contributed by atoms with E-state index in [1.807, 2.05) is 13.1 Å². The van der Waals surface area contributed by atoms with Crippen molar-refractivity contribution in [2.24, 2.45) is 0 Å². The Morgan fingerprint density at radius 2 is 1.90 bits per heavy atom. The average Bonchev–Trinajstić information content (AvgIpc) is 2.95. The van der Waals surface area contributed by atoms with Crippen molar-refractivity contribution in [1.29, 1.82) is 0 Å². The molecule has 0 heterocycles. The highest BCUT2D eigenvalue weighted by Crippen LogP contribution is 2.31. The van der Waals surface area contributed by atoms with Crippen LogP contribution < -0.4 is 10.1 Å². The summed E-state index contributed by atoms with van der Waals surface area (Å²) in [6, 6.07) is 13.3. The molecule has 1 aliphatic carbocycles. The van der Waals surface area contributed by atoms with E-state index in [0.29, 0.717) is 0 Å². The van der Waals surface area contributed by atoms with Crippen LogP contribution in [0.1, 0.15) is 23.1 Å². The second kappa shape index (κ2) is 5.68. The normalized spacial score (nSPS) is 13.3. The van der Waals surface area contributed by atoms with E-state index in [9.17, 15) is 0 Å². The van der Waals surface area contributed by atoms with E-state index in [-0.39, 0.29) is 0 Å². The fraction of sp³-hybridized carbons (Fsp3) is 0.333. The molecule has 0 amide bonds. The van der Waals surface area contributed by atoms with Crippen LogP contribution in [0, 0.1) is 0 Å². The molecule has 2 aromatic rings. The molecule has 0 aliphatic heterocycles. The second-order valence-electron chi connectivity index (χ2n) is 5.39. The maximum atomic E-state index is 5.34. The predicted molar refractivity (Wildman–Crippen MR) is 83.2 cm³/mol. The molecule has 0 atom stereocenters. The van der Waals surface area contributed by atoms with E-state index in [4.69, 9.17) is 4.74 Å². The fourth-order valence-corrected chi connectivity index (χ4v) is 3.05. The van der Waals surface area contributed by atoms with Crippen molar-refractivity contribution >= 4 is 0 Å². The Bertz CT molecular complexity index is 619. The van der Waals surface area contributed by atoms with Crippen molar-refractivity contribution in [3.8, 4) is 16.9 Å². The van der Waals surface area contributed by atoms with Crippen LogP contribution in [0.3, 0.4) is 0 Å². The zero-order valence-corrected chi connectivity index (χ0v) is 12.2. The van der Waals surface area contributed by atoms with Crippen molar-refractivity contribution in [2.75, 3.05) is 14.2 Å². The number of fused-ring (bicyclic) bond motifs is 1. The van der Waals surface area contributed by atoms with E-state index in [0.717, 1.165) is 12.3 Å². The lowest BCUT2D eigenvalue weighted by Gasteiger charge is -2.13. The van der Waals surface area contributed by atoms with Gasteiger partial charge in [-0.15, -0.1) is 0 Å². The highest BCUT2D eigenvalue weighted by atomic mass is 16.5. The van der Waals surface area contributed by atoms with Gasteiger partial charge in [-0.3, -0.25) is 0 Å². The van der Waals surface area contributed by atoms with Crippen molar-refractivity contribution < 1.29 is 4.74 Å². The van der Waals surface area contributed by atoms with Gasteiger partial charge in [-0.25, -0.2) is 0 Å². The first-order valence-electron chi connectivity index (χ1n) is 7.25. The first kappa shape index (κ1) is 13.2. The van der Waals surface area contributed by atoms with Gasteiger partial charge in [0.1, 0.15) is 5.75 Å². The Kier molecular flexibility index (Phi) is 3.75. The molecule has 0 unspecified atom stereocenters. The number of methoxy groups -OCH3 is 1. The number of aryl methyl sites for hydroxylation is 2. The molecule has 0 saturated heterocycles. The summed E-state index contributed by atoms with van der Waals surface area (Å²) in [5.41, 5.74) is 6.95. The summed E-state index contributed by atoms with van der Waals surface area (Å²) >= 11 is 0. The fourth-order valence-electron chi connectivity index (χ4n) is 3.05. The molecule has 2 heteroatoms. The SMILES string of the molecule is CNCc1cc(OC)ccc1-c1ccc2c(c1)CCC2. The van der Waals surface area contributed by atoms with Gasteiger partial charge < -0.3 is 10.1 Å². The van der Waals surface area contributed by atoms with E-state index in [1.165, 1.54) is 47.1 Å². The van der Waals surface area contributed by atoms with Gasteiger partial charge in [0.25, 0.3) is 0 Å². The number of hydrogen-bond acceptors (Lipinski definition) is 2. The molecular weight excluding hydrogens is 246 g/mol. The molecule has 0 saturated carbocycles. The van der Waals surface area contributed by atoms with E-state index in [2.05, 4.69) is 35.6 Å². The van der Waals surface area contributed by atoms with Crippen molar-refractivity contribution in [2.45, 2.75) is 25.8 Å². The molecule has 0 radical (unpaired) electrons. The zero-order chi connectivity index (χ0) is 13.9. The van der Waals surface area contributed by atoms with Crippen LogP contribution in [0.25, 0.3) is 11.1 Å². The Morgan fingerprint density at radius 1 is 1.05 bits per heavy atom. The lowest BCUT2D eigenvalue weighted by molar-refractivity contribution is 0.414. The highest BCUT2D eigenvalue weighted by Gasteiger charge is 2.13. The van der Waals surface area contributed by atoms with Crippen LogP contribution in [0.5, 0.6) is 5.75 Å². The summed E-state index contributed by atoms with van der Waals surface area (Å²) in [6.45, 7) is 0.851. The van der Waals surface area contributed by atoms with Crippen LogP contribution in [0.4, 0.5) is 0 Å². The van der Waals surface area contributed by atoms with Gasteiger partial charge in [0.15, 0.2) is 0 Å². The molecule has 2 nitrogen and oxygen atoms in total. The largest absolute Gasteiger partial charge is 0.497 e. The summed E-state index contributed by atoms with van der Waals surface area (Å²) in [5.74, 6) is 0.917. The van der Waals surface area contributed by atoms with Gasteiger partial charge >= 0.3 is 0 Å². The van der Waals surface area contributed by atoms with Gasteiger partial charge in [0.2, 0.25) is 0 Å². The molecule has 0 bridgehead atoms. The second-order valence-corrected chi connectivity index (χ2v) is 5.39. The van der Waals surface area contributed by atoms with Gasteiger partial charge in [-0.2, -0.15) is 0 Å². The lowest BCUT2D eigenvalue weighted by Crippen LogP contribution is -2.06. The summed E-state index contributed by atoms with van der Waals surface area (Å²) < 4.78 is 5.34. The molecule has 0 spiro atoms. The maximum absolute atomic E-state index is 5.34. The van der Waals surface area contributed by atoms with Gasteiger partial charge in [-0.05, 0) is 66.3 Å². The van der Waals surface area contributed by atoms with Crippen LogP contribution in [-0.2, 0) is 19.4 Å². The number of nitrogens with one attached hydrogen (secondary N) is 1. The molecule has 104 valence electrons. The first-order chi connectivity index (χ1) is 9.81. The minimum Gasteiger partial charge on any atom is -0.497 e. The molecule has 1 aliphatic rings. The first-order valence-corrected chi connectivity index (χ1v) is 7.25. The Morgan fingerprint density at radius 3 is 2.70 bits per heavy atom. The van der Waals surface area contributed by atoms with Crippen LogP contribution in [0.15, 0.2) is 36.4 Å². The standard InChI is InChI=1S/C18H21NO/c1-19-12-16-11-17(20-2)8-9-18(16)15-7-6-13-4-3-5-14(13)10-15/h6-11,19H,3-5,12H2,1-2H3. The average molecular weight is 267 g/mol. The van der Waals surface area contributed by atoms with Gasteiger partial charge in [0, 0.05) is 6.54 Å². The molecule has 0 aromatic heterocycles. The summed E-state index contributed by atoms with van der Waals surface area (Å²) in [7, 11) is 3.69. The molecule has 3 rings (SSSR count). The third-order valence-corrected chi connectivity index (χ3v) is 4.09. The Hall–Kier alpha value is -1.80. The monoisotopic (exact) mass is 267 g/mol. The van der Waals surface area contributed by atoms with Crippen LogP contribution in [-0.4, -0.2) is 14.2 Å². The lowest BCUT2D eigenvalue weighted by atomic mass is 9.96. The molecular formula is C18H21NO. The molecule has 1 N–H and O–H groups in total. The third-order valence-electron chi connectivity index (χ3n) is 4.09. The minimum absolute atomic E-state index is 0.851. The Labute approximate surface area is 120 Å². The number of hydrogen-bond donors (Lipinski definition) is 1. The minimum atomic E-state index is 0.851. The molecule has 2 aromatic carbocycles. The number of benzene rings is 2. The van der Waals surface area contributed by atoms with E-state index < -0.39 is 0 Å². The van der Waals surface area contributed by atoms with Gasteiger partial charge in [-0.1, -0.05) is 24.3 Å². The van der Waals surface area contributed by atoms with Crippen molar-refractivity contribution in [1.82, 2.24) is 5.32 Å². The predicted octanol–water partition coefficient (Wildman–Crippen LogP) is 3.57. The number of ether oxygens (including phenoxy) is 1. The maximum Gasteiger partial charge on any atom is 0.119 e. The quantitative estimate of drug-likeness (QED) is 0.914.